The number of aryl methyl sites for hydroxylation is 3. The predicted octanol–water partition coefficient (Wildman–Crippen LogP) is 3.36. The van der Waals surface area contributed by atoms with Crippen molar-refractivity contribution in [1.82, 2.24) is 0 Å². The van der Waals surface area contributed by atoms with Gasteiger partial charge in [0.05, 0.1) is 12.1 Å². The van der Waals surface area contributed by atoms with Gasteiger partial charge in [-0.2, -0.15) is 0 Å². The van der Waals surface area contributed by atoms with Crippen molar-refractivity contribution in [1.29, 1.82) is 0 Å². The highest BCUT2D eigenvalue weighted by Crippen LogP contribution is 2.25. The largest absolute Gasteiger partial charge is 0.373 e. The lowest BCUT2D eigenvalue weighted by Crippen LogP contribution is -2.34. The first kappa shape index (κ1) is 15.3. The first-order valence-corrected chi connectivity index (χ1v) is 7.73. The molecule has 23 heavy (non-hydrogen) atoms. The van der Waals surface area contributed by atoms with E-state index in [4.69, 9.17) is 0 Å². The lowest BCUT2D eigenvalue weighted by molar-refractivity contribution is -0.121. The minimum Gasteiger partial charge on any atom is -0.373 e. The van der Waals surface area contributed by atoms with E-state index in [-0.39, 0.29) is 18.2 Å². The monoisotopic (exact) mass is 308 g/mol. The smallest absolute Gasteiger partial charge is 0.256 e. The number of anilines is 2. The molecule has 1 fully saturated rings. The number of nitrogens with zero attached hydrogens (tertiary/aromatic N) is 1. The molecule has 4 heteroatoms. The summed E-state index contributed by atoms with van der Waals surface area (Å²) >= 11 is 0. The molecular weight excluding hydrogens is 288 g/mol. The number of hydrogen-bond acceptors (Lipinski definition) is 3. The first-order valence-electron chi connectivity index (χ1n) is 7.73. The molecule has 0 unspecified atom stereocenters. The molecule has 1 heterocycles. The minimum absolute atomic E-state index is 0.166. The molecule has 1 aliphatic rings. The van der Waals surface area contributed by atoms with Crippen molar-refractivity contribution >= 4 is 23.2 Å². The van der Waals surface area contributed by atoms with Gasteiger partial charge in [-0.25, -0.2) is 4.90 Å². The highest BCUT2D eigenvalue weighted by molar-refractivity contribution is 6.23. The summed E-state index contributed by atoms with van der Waals surface area (Å²) in [6.07, 6.45) is 0.180. The van der Waals surface area contributed by atoms with E-state index in [0.717, 1.165) is 16.8 Å². The van der Waals surface area contributed by atoms with Crippen molar-refractivity contribution in [3.8, 4) is 0 Å². The van der Waals surface area contributed by atoms with Gasteiger partial charge in [0.1, 0.15) is 6.04 Å². The molecule has 1 N–H and O–H groups in total. The third-order valence-corrected chi connectivity index (χ3v) is 4.29. The Morgan fingerprint density at radius 1 is 0.957 bits per heavy atom. The Morgan fingerprint density at radius 3 is 2.30 bits per heavy atom. The molecule has 0 spiro atoms. The molecule has 1 saturated heterocycles. The molecule has 1 atom stereocenters. The number of nitrogens with one attached hydrogen (secondary N) is 1. The third kappa shape index (κ3) is 2.97. The molecule has 0 aromatic heterocycles. The summed E-state index contributed by atoms with van der Waals surface area (Å²) < 4.78 is 0. The molecule has 118 valence electrons. The van der Waals surface area contributed by atoms with E-state index >= 15 is 0 Å². The summed E-state index contributed by atoms with van der Waals surface area (Å²) in [7, 11) is 0. The Morgan fingerprint density at radius 2 is 1.65 bits per heavy atom. The van der Waals surface area contributed by atoms with E-state index in [2.05, 4.69) is 5.32 Å². The normalized spacial score (nSPS) is 17.7. The van der Waals surface area contributed by atoms with Crippen LogP contribution in [0.1, 0.15) is 23.1 Å². The van der Waals surface area contributed by atoms with E-state index in [1.165, 1.54) is 10.5 Å². The zero-order valence-corrected chi connectivity index (χ0v) is 13.6. The van der Waals surface area contributed by atoms with Crippen LogP contribution in [-0.2, 0) is 9.59 Å². The van der Waals surface area contributed by atoms with Crippen molar-refractivity contribution < 1.29 is 9.59 Å². The Bertz CT molecular complexity index is 765. The van der Waals surface area contributed by atoms with E-state index in [1.54, 1.807) is 0 Å². The standard InChI is InChI=1S/C19H20N2O2/c1-12-4-8-16(9-5-12)21-18(22)11-17(19(21)23)20-15-7-6-13(2)14(3)10-15/h4-10,17,20H,11H2,1-3H3/t17-/m1/s1. The van der Waals surface area contributed by atoms with Crippen LogP contribution in [0.4, 0.5) is 11.4 Å². The summed E-state index contributed by atoms with van der Waals surface area (Å²) in [5, 5.41) is 3.19. The van der Waals surface area contributed by atoms with Crippen molar-refractivity contribution in [2.75, 3.05) is 10.2 Å². The van der Waals surface area contributed by atoms with Crippen LogP contribution in [0, 0.1) is 20.8 Å². The number of amides is 2. The van der Waals surface area contributed by atoms with Crippen molar-refractivity contribution in [2.24, 2.45) is 0 Å². The maximum Gasteiger partial charge on any atom is 0.256 e. The summed E-state index contributed by atoms with van der Waals surface area (Å²) in [5.41, 5.74) is 4.95. The molecule has 2 amide bonds. The third-order valence-electron chi connectivity index (χ3n) is 4.29. The fourth-order valence-electron chi connectivity index (χ4n) is 2.74. The van der Waals surface area contributed by atoms with Gasteiger partial charge < -0.3 is 5.32 Å². The van der Waals surface area contributed by atoms with Gasteiger partial charge in [-0.1, -0.05) is 23.8 Å². The molecular formula is C19H20N2O2. The number of imide groups is 1. The predicted molar refractivity (Wildman–Crippen MR) is 91.6 cm³/mol. The zero-order chi connectivity index (χ0) is 16.6. The van der Waals surface area contributed by atoms with Crippen LogP contribution >= 0.6 is 0 Å². The van der Waals surface area contributed by atoms with E-state index in [0.29, 0.717) is 5.69 Å². The highest BCUT2D eigenvalue weighted by Gasteiger charge is 2.39. The second-order valence-corrected chi connectivity index (χ2v) is 6.10. The number of carbonyl (C=O) groups is 2. The van der Waals surface area contributed by atoms with Crippen LogP contribution in [-0.4, -0.2) is 17.9 Å². The first-order chi connectivity index (χ1) is 11.0. The lowest BCUT2D eigenvalue weighted by Gasteiger charge is -2.16. The van der Waals surface area contributed by atoms with Crippen LogP contribution in [0.5, 0.6) is 0 Å². The van der Waals surface area contributed by atoms with E-state index < -0.39 is 6.04 Å². The molecule has 2 aromatic carbocycles. The maximum atomic E-state index is 12.6. The average molecular weight is 308 g/mol. The van der Waals surface area contributed by atoms with Gasteiger partial charge in [-0.3, -0.25) is 9.59 Å². The van der Waals surface area contributed by atoms with Crippen LogP contribution < -0.4 is 10.2 Å². The summed E-state index contributed by atoms with van der Waals surface area (Å²) in [6.45, 7) is 6.05. The van der Waals surface area contributed by atoms with Crippen molar-refractivity contribution in [3.05, 3.63) is 59.2 Å². The van der Waals surface area contributed by atoms with Crippen molar-refractivity contribution in [2.45, 2.75) is 33.2 Å². The van der Waals surface area contributed by atoms with Gasteiger partial charge in [0.2, 0.25) is 5.91 Å². The van der Waals surface area contributed by atoms with Crippen LogP contribution in [0.3, 0.4) is 0 Å². The van der Waals surface area contributed by atoms with E-state index in [9.17, 15) is 9.59 Å². The van der Waals surface area contributed by atoms with Crippen LogP contribution in [0.25, 0.3) is 0 Å². The summed E-state index contributed by atoms with van der Waals surface area (Å²) in [5.74, 6) is -0.364. The molecule has 0 saturated carbocycles. The lowest BCUT2D eigenvalue weighted by atomic mass is 10.1. The Hall–Kier alpha value is -2.62. The molecule has 1 aliphatic heterocycles. The second kappa shape index (κ2) is 5.88. The Kier molecular flexibility index (Phi) is 3.90. The number of rotatable bonds is 3. The molecule has 0 aliphatic carbocycles. The fraction of sp³-hybridized carbons (Fsp3) is 0.263. The molecule has 0 radical (unpaired) electrons. The topological polar surface area (TPSA) is 49.4 Å². The van der Waals surface area contributed by atoms with Crippen molar-refractivity contribution in [3.63, 3.8) is 0 Å². The van der Waals surface area contributed by atoms with E-state index in [1.807, 2.05) is 63.2 Å². The Balaban J connectivity index is 1.80. The highest BCUT2D eigenvalue weighted by atomic mass is 16.2. The average Bonchev–Trinajstić information content (AvgIpc) is 2.79. The Labute approximate surface area is 136 Å². The molecule has 0 bridgehead atoms. The van der Waals surface area contributed by atoms with Gasteiger partial charge in [-0.05, 0) is 56.2 Å². The zero-order valence-electron chi connectivity index (χ0n) is 13.6. The van der Waals surface area contributed by atoms with Crippen LogP contribution in [0.15, 0.2) is 42.5 Å². The van der Waals surface area contributed by atoms with Gasteiger partial charge >= 0.3 is 0 Å². The molecule has 4 nitrogen and oxygen atoms in total. The summed E-state index contributed by atoms with van der Waals surface area (Å²) in [6, 6.07) is 12.9. The van der Waals surface area contributed by atoms with Gasteiger partial charge in [0, 0.05) is 5.69 Å². The fourth-order valence-corrected chi connectivity index (χ4v) is 2.74. The van der Waals surface area contributed by atoms with Gasteiger partial charge in [0.15, 0.2) is 0 Å². The number of benzene rings is 2. The quantitative estimate of drug-likeness (QED) is 0.885. The number of carbonyl (C=O) groups excluding carboxylic acids is 2. The van der Waals surface area contributed by atoms with Gasteiger partial charge in [0.25, 0.3) is 5.91 Å². The van der Waals surface area contributed by atoms with Crippen LogP contribution in [0.2, 0.25) is 0 Å². The summed E-state index contributed by atoms with van der Waals surface area (Å²) in [4.78, 5) is 26.1. The number of hydrogen-bond donors (Lipinski definition) is 1. The molecule has 2 aromatic rings. The van der Waals surface area contributed by atoms with Gasteiger partial charge in [-0.15, -0.1) is 0 Å². The second-order valence-electron chi connectivity index (χ2n) is 6.10. The maximum absolute atomic E-state index is 12.6. The minimum atomic E-state index is -0.508. The SMILES string of the molecule is Cc1ccc(N2C(=O)C[C@@H](Nc3ccc(C)c(C)c3)C2=O)cc1. The molecule has 3 rings (SSSR count).